The van der Waals surface area contributed by atoms with Crippen molar-refractivity contribution in [3.05, 3.63) is 0 Å². The number of hydrogen-bond donors (Lipinski definition) is 1. The summed E-state index contributed by atoms with van der Waals surface area (Å²) in [6.07, 6.45) is 8.03. The summed E-state index contributed by atoms with van der Waals surface area (Å²) in [6, 6.07) is 0. The molecule has 0 aliphatic heterocycles. The molecule has 21 heavy (non-hydrogen) atoms. The van der Waals surface area contributed by atoms with Gasteiger partial charge < -0.3 is 5.32 Å². The van der Waals surface area contributed by atoms with Gasteiger partial charge in [-0.15, -0.1) is 0 Å². The Bertz CT molecular complexity index is 367. The Hall–Kier alpha value is -0.0900. The Morgan fingerprint density at radius 2 is 1.71 bits per heavy atom. The quantitative estimate of drug-likeness (QED) is 0.669. The Morgan fingerprint density at radius 1 is 0.952 bits per heavy atom. The summed E-state index contributed by atoms with van der Waals surface area (Å²) in [5, 5.41) is 3.47. The predicted octanol–water partition coefficient (Wildman–Crippen LogP) is 3.64. The molecule has 0 radical (unpaired) electrons. The van der Waals surface area contributed by atoms with Crippen LogP contribution in [0.25, 0.3) is 0 Å². The first-order valence-corrected chi connectivity index (χ1v) is 10.8. The number of hydrogen-bond acceptors (Lipinski definition) is 3. The van der Waals surface area contributed by atoms with E-state index in [9.17, 15) is 8.42 Å². The van der Waals surface area contributed by atoms with Crippen molar-refractivity contribution in [3.8, 4) is 0 Å². The molecule has 0 aromatic rings. The molecule has 1 aliphatic carbocycles. The van der Waals surface area contributed by atoms with Crippen molar-refractivity contribution in [2.24, 2.45) is 17.8 Å². The van der Waals surface area contributed by atoms with E-state index in [2.05, 4.69) is 19.2 Å². The zero-order valence-corrected chi connectivity index (χ0v) is 15.1. The largest absolute Gasteiger partial charge is 0.317 e. The molecule has 126 valence electrons. The molecule has 0 aromatic carbocycles. The van der Waals surface area contributed by atoms with Gasteiger partial charge in [0.1, 0.15) is 9.84 Å². The van der Waals surface area contributed by atoms with E-state index in [4.69, 9.17) is 0 Å². The van der Waals surface area contributed by atoms with E-state index in [-0.39, 0.29) is 0 Å². The van der Waals surface area contributed by atoms with Crippen LogP contribution in [0.15, 0.2) is 0 Å². The highest BCUT2D eigenvalue weighted by molar-refractivity contribution is 7.91. The van der Waals surface area contributed by atoms with Crippen molar-refractivity contribution < 1.29 is 8.42 Å². The maximum atomic E-state index is 12.0. The molecule has 1 fully saturated rings. The Morgan fingerprint density at radius 3 is 2.33 bits per heavy atom. The molecule has 0 amide bonds. The first kappa shape index (κ1) is 19.0. The molecule has 1 rings (SSSR count). The minimum absolute atomic E-state index is 0.357. The van der Waals surface area contributed by atoms with Crippen molar-refractivity contribution in [2.75, 3.05) is 24.6 Å². The molecule has 1 saturated carbocycles. The van der Waals surface area contributed by atoms with Crippen LogP contribution in [0.3, 0.4) is 0 Å². The van der Waals surface area contributed by atoms with Crippen LogP contribution >= 0.6 is 0 Å². The molecule has 0 aromatic heterocycles. The lowest BCUT2D eigenvalue weighted by molar-refractivity contribution is 0.165. The van der Waals surface area contributed by atoms with Crippen LogP contribution < -0.4 is 5.32 Å². The Balaban J connectivity index is 2.56. The number of sulfone groups is 1. The van der Waals surface area contributed by atoms with E-state index in [0.29, 0.717) is 23.3 Å². The predicted molar refractivity (Wildman–Crippen MR) is 91.3 cm³/mol. The second kappa shape index (κ2) is 9.83. The van der Waals surface area contributed by atoms with Crippen LogP contribution in [-0.4, -0.2) is 33.0 Å². The lowest BCUT2D eigenvalue weighted by Crippen LogP contribution is -2.34. The van der Waals surface area contributed by atoms with Crippen LogP contribution in [0.5, 0.6) is 0 Å². The van der Waals surface area contributed by atoms with Crippen molar-refractivity contribution in [1.82, 2.24) is 5.32 Å². The fourth-order valence-electron chi connectivity index (χ4n) is 3.79. The van der Waals surface area contributed by atoms with Gasteiger partial charge in [0.05, 0.1) is 5.75 Å². The Kier molecular flexibility index (Phi) is 8.88. The summed E-state index contributed by atoms with van der Waals surface area (Å²) in [6.45, 7) is 8.42. The number of rotatable bonds is 10. The van der Waals surface area contributed by atoms with Crippen molar-refractivity contribution in [2.45, 2.75) is 65.7 Å². The average Bonchev–Trinajstić information content (AvgIpc) is 2.44. The van der Waals surface area contributed by atoms with Gasteiger partial charge >= 0.3 is 0 Å². The van der Waals surface area contributed by atoms with Gasteiger partial charge in [-0.05, 0) is 56.5 Å². The summed E-state index contributed by atoms with van der Waals surface area (Å²) in [5.74, 6) is 2.85. The van der Waals surface area contributed by atoms with E-state index in [1.54, 1.807) is 0 Å². The van der Waals surface area contributed by atoms with Gasteiger partial charge in [0, 0.05) is 5.75 Å². The van der Waals surface area contributed by atoms with Crippen LogP contribution in [0.1, 0.15) is 65.7 Å². The zero-order chi connectivity index (χ0) is 15.7. The van der Waals surface area contributed by atoms with Gasteiger partial charge in [-0.1, -0.05) is 40.0 Å². The lowest BCUT2D eigenvalue weighted by Gasteiger charge is -2.36. The second-order valence-corrected chi connectivity index (χ2v) is 9.04. The van der Waals surface area contributed by atoms with Crippen LogP contribution in [-0.2, 0) is 9.84 Å². The smallest absolute Gasteiger partial charge is 0.150 e. The molecule has 0 bridgehead atoms. The van der Waals surface area contributed by atoms with Gasteiger partial charge in [0.25, 0.3) is 0 Å². The minimum atomic E-state index is -2.83. The minimum Gasteiger partial charge on any atom is -0.317 e. The van der Waals surface area contributed by atoms with Crippen molar-refractivity contribution in [1.29, 1.82) is 0 Å². The van der Waals surface area contributed by atoms with Crippen LogP contribution in [0.4, 0.5) is 0 Å². The van der Waals surface area contributed by atoms with E-state index in [1.165, 1.54) is 32.1 Å². The molecule has 0 heterocycles. The molecule has 3 atom stereocenters. The highest BCUT2D eigenvalue weighted by atomic mass is 32.2. The Labute approximate surface area is 132 Å². The van der Waals surface area contributed by atoms with Gasteiger partial charge in [-0.25, -0.2) is 8.42 Å². The monoisotopic (exact) mass is 317 g/mol. The van der Waals surface area contributed by atoms with E-state index < -0.39 is 9.84 Å². The summed E-state index contributed by atoms with van der Waals surface area (Å²) < 4.78 is 24.0. The maximum Gasteiger partial charge on any atom is 0.150 e. The molecule has 3 unspecified atom stereocenters. The average molecular weight is 318 g/mol. The molecule has 3 nitrogen and oxygen atoms in total. The van der Waals surface area contributed by atoms with Crippen LogP contribution in [0.2, 0.25) is 0 Å². The molecular weight excluding hydrogens is 282 g/mol. The first-order valence-electron chi connectivity index (χ1n) is 8.93. The molecule has 1 aliphatic rings. The third kappa shape index (κ3) is 7.14. The number of nitrogens with one attached hydrogen (secondary N) is 1. The zero-order valence-electron chi connectivity index (χ0n) is 14.2. The van der Waals surface area contributed by atoms with E-state index in [0.717, 1.165) is 31.8 Å². The van der Waals surface area contributed by atoms with Gasteiger partial charge in [0.2, 0.25) is 0 Å². The van der Waals surface area contributed by atoms with Gasteiger partial charge in [0.15, 0.2) is 0 Å². The standard InChI is InChI=1S/C17H35NO2S/c1-4-7-15-8-9-17(14-18-6-3)16(13-15)10-12-21(19,20)11-5-2/h15-18H,4-14H2,1-3H3. The van der Waals surface area contributed by atoms with Crippen molar-refractivity contribution >= 4 is 9.84 Å². The maximum absolute atomic E-state index is 12.0. The highest BCUT2D eigenvalue weighted by Crippen LogP contribution is 2.38. The summed E-state index contributed by atoms with van der Waals surface area (Å²) in [4.78, 5) is 0. The molecule has 1 N–H and O–H groups in total. The fourth-order valence-corrected chi connectivity index (χ4v) is 5.28. The van der Waals surface area contributed by atoms with Crippen LogP contribution in [0, 0.1) is 17.8 Å². The second-order valence-electron chi connectivity index (χ2n) is 6.74. The summed E-state index contributed by atoms with van der Waals surface area (Å²) in [7, 11) is -2.83. The fraction of sp³-hybridized carbons (Fsp3) is 1.00. The molecule has 4 heteroatoms. The highest BCUT2D eigenvalue weighted by Gasteiger charge is 2.30. The third-order valence-electron chi connectivity index (χ3n) is 4.92. The first-order chi connectivity index (χ1) is 10.0. The summed E-state index contributed by atoms with van der Waals surface area (Å²) in [5.41, 5.74) is 0. The van der Waals surface area contributed by atoms with E-state index >= 15 is 0 Å². The topological polar surface area (TPSA) is 46.2 Å². The summed E-state index contributed by atoms with van der Waals surface area (Å²) >= 11 is 0. The van der Waals surface area contributed by atoms with E-state index in [1.807, 2.05) is 6.92 Å². The van der Waals surface area contributed by atoms with Crippen molar-refractivity contribution in [3.63, 3.8) is 0 Å². The third-order valence-corrected chi connectivity index (χ3v) is 6.80. The molecule has 0 spiro atoms. The SMILES string of the molecule is CCCC1CCC(CNCC)C(CCS(=O)(=O)CCC)C1. The normalized spacial score (nSPS) is 26.9. The molecular formula is C17H35NO2S. The van der Waals surface area contributed by atoms with Gasteiger partial charge in [-0.2, -0.15) is 0 Å². The molecule has 0 saturated heterocycles. The lowest BCUT2D eigenvalue weighted by atomic mass is 9.71. The van der Waals surface area contributed by atoms with Gasteiger partial charge in [-0.3, -0.25) is 0 Å².